The number of pyridine rings is 1. The number of carbonyl (C=O) groups excluding carboxylic acids is 1. The highest BCUT2D eigenvalue weighted by atomic mass is 32.2. The van der Waals surface area contributed by atoms with Gasteiger partial charge < -0.3 is 24.2 Å². The average Bonchev–Trinajstić information content (AvgIpc) is 3.33. The second-order valence-corrected chi connectivity index (χ2v) is 11.1. The molecule has 0 saturated carbocycles. The Labute approximate surface area is 236 Å². The van der Waals surface area contributed by atoms with Gasteiger partial charge >= 0.3 is 0 Å². The second kappa shape index (κ2) is 12.7. The van der Waals surface area contributed by atoms with Gasteiger partial charge in [0.15, 0.2) is 11.5 Å². The van der Waals surface area contributed by atoms with Crippen molar-refractivity contribution in [2.75, 3.05) is 57.6 Å². The van der Waals surface area contributed by atoms with E-state index in [0.717, 1.165) is 73.0 Å². The molecule has 8 heteroatoms. The number of thioether (sulfide) groups is 1. The summed E-state index contributed by atoms with van der Waals surface area (Å²) in [7, 11) is 3.30. The van der Waals surface area contributed by atoms with Crippen LogP contribution in [0.5, 0.6) is 11.5 Å². The molecule has 3 heterocycles. The molecule has 0 aliphatic carbocycles. The van der Waals surface area contributed by atoms with Crippen molar-refractivity contribution >= 4 is 23.4 Å². The summed E-state index contributed by atoms with van der Waals surface area (Å²) < 4.78 is 11.1. The number of methoxy groups -OCH3 is 2. The molecular formula is C31H38N4O3S. The fourth-order valence-corrected chi connectivity index (χ4v) is 6.47. The van der Waals surface area contributed by atoms with Gasteiger partial charge in [0.2, 0.25) is 0 Å². The Bertz CT molecular complexity index is 1260. The standard InChI is InChI=1S/C31H38N4O3S/c1-4-33-16-18-34(19-17-33)27-10-7-9-24-25(27)22-35(31(24)36)26(11-8-20-39-30-12-5-6-15-32-30)23-13-14-28(37-2)29(21-23)38-3/h5-7,9-10,12-15,21,26H,4,8,11,16-20,22H2,1-3H3/t26-/m1/s1. The van der Waals surface area contributed by atoms with Crippen LogP contribution in [0.1, 0.15) is 47.3 Å². The first-order chi connectivity index (χ1) is 19.1. The topological polar surface area (TPSA) is 58.1 Å². The SMILES string of the molecule is CCN1CCN(c2cccc3c2CN([C@H](CCCSc2ccccn2)c2ccc(OC)c(OC)c2)C3=O)CC1. The van der Waals surface area contributed by atoms with E-state index >= 15 is 0 Å². The van der Waals surface area contributed by atoms with Crippen molar-refractivity contribution < 1.29 is 14.3 Å². The number of fused-ring (bicyclic) bond motifs is 1. The summed E-state index contributed by atoms with van der Waals surface area (Å²) in [6, 6.07) is 18.2. The van der Waals surface area contributed by atoms with Crippen molar-refractivity contribution in [2.24, 2.45) is 0 Å². The van der Waals surface area contributed by atoms with Gasteiger partial charge in [-0.3, -0.25) is 4.79 Å². The quantitative estimate of drug-likeness (QED) is 0.232. The Kier molecular flexibility index (Phi) is 8.94. The molecule has 206 valence electrons. The van der Waals surface area contributed by atoms with Gasteiger partial charge in [0.05, 0.1) is 25.3 Å². The number of aromatic nitrogens is 1. The van der Waals surface area contributed by atoms with Gasteiger partial charge in [-0.25, -0.2) is 4.98 Å². The molecule has 2 aromatic carbocycles. The van der Waals surface area contributed by atoms with E-state index in [1.54, 1.807) is 26.0 Å². The maximum Gasteiger partial charge on any atom is 0.255 e. The molecule has 0 radical (unpaired) electrons. The third kappa shape index (κ3) is 6.02. The first-order valence-corrected chi connectivity index (χ1v) is 14.8. The predicted molar refractivity (Wildman–Crippen MR) is 157 cm³/mol. The van der Waals surface area contributed by atoms with Crippen molar-refractivity contribution in [1.82, 2.24) is 14.8 Å². The molecule has 0 bridgehead atoms. The molecule has 2 aliphatic rings. The van der Waals surface area contributed by atoms with Gasteiger partial charge in [0.25, 0.3) is 5.91 Å². The predicted octanol–water partition coefficient (Wildman–Crippen LogP) is 5.51. The summed E-state index contributed by atoms with van der Waals surface area (Å²) >= 11 is 1.76. The monoisotopic (exact) mass is 546 g/mol. The number of amides is 1. The van der Waals surface area contributed by atoms with Crippen LogP contribution in [0.2, 0.25) is 0 Å². The average molecular weight is 547 g/mol. The van der Waals surface area contributed by atoms with Crippen LogP contribution in [0.25, 0.3) is 0 Å². The number of piperazine rings is 1. The fraction of sp³-hybridized carbons (Fsp3) is 0.419. The van der Waals surface area contributed by atoms with Gasteiger partial charge in [-0.1, -0.05) is 25.1 Å². The van der Waals surface area contributed by atoms with E-state index in [0.29, 0.717) is 18.0 Å². The number of hydrogen-bond acceptors (Lipinski definition) is 7. The number of likely N-dealkylation sites (N-methyl/N-ethyl adjacent to an activating group) is 1. The minimum atomic E-state index is -0.0705. The summed E-state index contributed by atoms with van der Waals surface area (Å²) in [5.74, 6) is 2.41. The van der Waals surface area contributed by atoms with Crippen LogP contribution in [-0.4, -0.2) is 73.4 Å². The van der Waals surface area contributed by atoms with E-state index < -0.39 is 0 Å². The minimum Gasteiger partial charge on any atom is -0.493 e. The lowest BCUT2D eigenvalue weighted by Gasteiger charge is -2.36. The van der Waals surface area contributed by atoms with Crippen LogP contribution in [-0.2, 0) is 6.54 Å². The highest BCUT2D eigenvalue weighted by molar-refractivity contribution is 7.99. The van der Waals surface area contributed by atoms with Crippen LogP contribution in [0, 0.1) is 0 Å². The smallest absolute Gasteiger partial charge is 0.255 e. The maximum atomic E-state index is 13.9. The molecule has 1 saturated heterocycles. The number of hydrogen-bond donors (Lipinski definition) is 0. The van der Waals surface area contributed by atoms with Crippen molar-refractivity contribution in [3.63, 3.8) is 0 Å². The molecule has 0 unspecified atom stereocenters. The van der Waals surface area contributed by atoms with Crippen LogP contribution in [0.4, 0.5) is 5.69 Å². The Hall–Kier alpha value is -3.23. The molecular weight excluding hydrogens is 508 g/mol. The molecule has 39 heavy (non-hydrogen) atoms. The van der Waals surface area contributed by atoms with E-state index in [1.165, 1.54) is 5.69 Å². The summed E-state index contributed by atoms with van der Waals surface area (Å²) in [6.45, 7) is 8.00. The zero-order valence-electron chi connectivity index (χ0n) is 23.1. The van der Waals surface area contributed by atoms with Gasteiger partial charge in [-0.15, -0.1) is 11.8 Å². The van der Waals surface area contributed by atoms with E-state index in [1.807, 2.05) is 48.7 Å². The number of rotatable bonds is 11. The van der Waals surface area contributed by atoms with Crippen LogP contribution in [0.3, 0.4) is 0 Å². The fourth-order valence-electron chi connectivity index (χ4n) is 5.64. The van der Waals surface area contributed by atoms with Gasteiger partial charge in [-0.05, 0) is 67.1 Å². The zero-order valence-corrected chi connectivity index (χ0v) is 24.0. The van der Waals surface area contributed by atoms with Crippen molar-refractivity contribution in [3.05, 3.63) is 77.5 Å². The Balaban J connectivity index is 1.39. The Morgan fingerprint density at radius 3 is 2.51 bits per heavy atom. The van der Waals surface area contributed by atoms with Gasteiger partial charge in [0.1, 0.15) is 0 Å². The molecule has 3 aromatic rings. The number of benzene rings is 2. The third-order valence-electron chi connectivity index (χ3n) is 7.81. The lowest BCUT2D eigenvalue weighted by molar-refractivity contribution is 0.0690. The summed E-state index contributed by atoms with van der Waals surface area (Å²) in [4.78, 5) is 25.3. The summed E-state index contributed by atoms with van der Waals surface area (Å²) in [5, 5.41) is 1.03. The Morgan fingerprint density at radius 1 is 0.974 bits per heavy atom. The van der Waals surface area contributed by atoms with E-state index in [-0.39, 0.29) is 11.9 Å². The third-order valence-corrected chi connectivity index (χ3v) is 8.84. The molecule has 1 amide bonds. The molecule has 0 spiro atoms. The van der Waals surface area contributed by atoms with Crippen LogP contribution < -0.4 is 14.4 Å². The van der Waals surface area contributed by atoms with Gasteiger partial charge in [0, 0.05) is 55.7 Å². The molecule has 5 rings (SSSR count). The maximum absolute atomic E-state index is 13.9. The lowest BCUT2D eigenvalue weighted by Crippen LogP contribution is -2.46. The normalized spacial score (nSPS) is 16.3. The van der Waals surface area contributed by atoms with E-state index in [9.17, 15) is 4.79 Å². The van der Waals surface area contributed by atoms with E-state index in [2.05, 4.69) is 38.7 Å². The lowest BCUT2D eigenvalue weighted by atomic mass is 10.00. The minimum absolute atomic E-state index is 0.0705. The van der Waals surface area contributed by atoms with Gasteiger partial charge in [-0.2, -0.15) is 0 Å². The first-order valence-electron chi connectivity index (χ1n) is 13.8. The van der Waals surface area contributed by atoms with Crippen molar-refractivity contribution in [1.29, 1.82) is 0 Å². The van der Waals surface area contributed by atoms with Crippen LogP contribution >= 0.6 is 11.8 Å². The summed E-state index contributed by atoms with van der Waals surface area (Å²) in [6.07, 6.45) is 3.63. The number of nitrogens with zero attached hydrogens (tertiary/aromatic N) is 4. The van der Waals surface area contributed by atoms with E-state index in [4.69, 9.17) is 9.47 Å². The molecule has 2 aliphatic heterocycles. The molecule has 0 N–H and O–H groups in total. The van der Waals surface area contributed by atoms with Crippen LogP contribution in [0.15, 0.2) is 65.8 Å². The summed E-state index contributed by atoms with van der Waals surface area (Å²) in [5.41, 5.74) is 4.25. The molecule has 7 nitrogen and oxygen atoms in total. The zero-order chi connectivity index (χ0) is 27.2. The molecule has 1 fully saturated rings. The first kappa shape index (κ1) is 27.3. The second-order valence-electron chi connectivity index (χ2n) is 9.95. The molecule has 1 atom stereocenters. The number of carbonyl (C=O) groups is 1. The molecule has 1 aromatic heterocycles. The highest BCUT2D eigenvalue weighted by Gasteiger charge is 2.36. The number of anilines is 1. The number of ether oxygens (including phenoxy) is 2. The van der Waals surface area contributed by atoms with Crippen molar-refractivity contribution in [2.45, 2.75) is 37.4 Å². The largest absolute Gasteiger partial charge is 0.493 e. The Morgan fingerprint density at radius 2 is 1.79 bits per heavy atom. The van der Waals surface area contributed by atoms with Crippen molar-refractivity contribution in [3.8, 4) is 11.5 Å². The highest BCUT2D eigenvalue weighted by Crippen LogP contribution is 2.40.